The molecular weight excluding hydrogens is 346 g/mol. The molecule has 0 saturated carbocycles. The normalized spacial score (nSPS) is 15.6. The van der Waals surface area contributed by atoms with Gasteiger partial charge in [-0.3, -0.25) is 14.7 Å². The Bertz CT molecular complexity index is 582. The van der Waals surface area contributed by atoms with Crippen molar-refractivity contribution in [2.45, 2.75) is 26.7 Å². The Morgan fingerprint density at radius 1 is 1.19 bits per heavy atom. The molecule has 2 rings (SSSR count). The van der Waals surface area contributed by atoms with Crippen molar-refractivity contribution in [1.29, 1.82) is 0 Å². The molecule has 0 aromatic carbocycles. The van der Waals surface area contributed by atoms with Crippen LogP contribution in [-0.2, 0) is 4.74 Å². The molecular formula is C19H33N5O3. The van der Waals surface area contributed by atoms with Gasteiger partial charge in [0.2, 0.25) is 0 Å². The van der Waals surface area contributed by atoms with Gasteiger partial charge in [0.15, 0.2) is 11.7 Å². The number of furan rings is 1. The van der Waals surface area contributed by atoms with Crippen molar-refractivity contribution in [1.82, 2.24) is 20.9 Å². The van der Waals surface area contributed by atoms with E-state index >= 15 is 0 Å². The molecule has 8 nitrogen and oxygen atoms in total. The maximum absolute atomic E-state index is 12.0. The Labute approximate surface area is 161 Å². The molecule has 0 spiro atoms. The summed E-state index contributed by atoms with van der Waals surface area (Å²) in [4.78, 5) is 18.9. The molecule has 152 valence electrons. The molecule has 1 amide bonds. The number of nitrogens with zero attached hydrogens (tertiary/aromatic N) is 2. The van der Waals surface area contributed by atoms with Crippen LogP contribution in [0.15, 0.2) is 21.7 Å². The number of hydrogen-bond acceptors (Lipinski definition) is 5. The van der Waals surface area contributed by atoms with Crippen LogP contribution in [0.4, 0.5) is 0 Å². The molecule has 1 saturated heterocycles. The number of hydrogen-bond donors (Lipinski definition) is 3. The fraction of sp³-hybridized carbons (Fsp3) is 0.684. The Balaban J connectivity index is 1.59. The molecule has 0 unspecified atom stereocenters. The van der Waals surface area contributed by atoms with E-state index in [2.05, 4.69) is 32.8 Å². The molecule has 0 atom stereocenters. The first-order valence-corrected chi connectivity index (χ1v) is 9.85. The van der Waals surface area contributed by atoms with E-state index in [1.54, 1.807) is 6.07 Å². The van der Waals surface area contributed by atoms with E-state index in [1.807, 2.05) is 6.92 Å². The molecule has 1 aliphatic rings. The fourth-order valence-electron chi connectivity index (χ4n) is 2.83. The van der Waals surface area contributed by atoms with Crippen molar-refractivity contribution < 1.29 is 13.9 Å². The molecule has 1 fully saturated rings. The summed E-state index contributed by atoms with van der Waals surface area (Å²) in [5.74, 6) is 1.04. The second-order valence-corrected chi connectivity index (χ2v) is 6.54. The van der Waals surface area contributed by atoms with Gasteiger partial charge in [0.25, 0.3) is 5.91 Å². The number of amides is 1. The van der Waals surface area contributed by atoms with Crippen LogP contribution in [0, 0.1) is 6.92 Å². The number of morpholine rings is 1. The van der Waals surface area contributed by atoms with Gasteiger partial charge in [0, 0.05) is 44.8 Å². The lowest BCUT2D eigenvalue weighted by Gasteiger charge is -2.26. The van der Waals surface area contributed by atoms with Crippen LogP contribution < -0.4 is 16.0 Å². The highest BCUT2D eigenvalue weighted by molar-refractivity contribution is 5.92. The third-order valence-electron chi connectivity index (χ3n) is 4.35. The van der Waals surface area contributed by atoms with Gasteiger partial charge in [0.05, 0.1) is 19.5 Å². The first-order chi connectivity index (χ1) is 13.2. The van der Waals surface area contributed by atoms with Crippen LogP contribution >= 0.6 is 0 Å². The van der Waals surface area contributed by atoms with Crippen molar-refractivity contribution in [3.05, 3.63) is 23.7 Å². The average molecular weight is 380 g/mol. The zero-order valence-corrected chi connectivity index (χ0v) is 16.6. The van der Waals surface area contributed by atoms with Gasteiger partial charge in [-0.25, -0.2) is 0 Å². The summed E-state index contributed by atoms with van der Waals surface area (Å²) in [6.45, 7) is 11.6. The number of aliphatic imine (C=N–C) groups is 1. The summed E-state index contributed by atoms with van der Waals surface area (Å²) in [5, 5.41) is 9.48. The summed E-state index contributed by atoms with van der Waals surface area (Å²) >= 11 is 0. The smallest absolute Gasteiger partial charge is 0.287 e. The third kappa shape index (κ3) is 8.01. The third-order valence-corrected chi connectivity index (χ3v) is 4.35. The van der Waals surface area contributed by atoms with Gasteiger partial charge in [-0.2, -0.15) is 0 Å². The summed E-state index contributed by atoms with van der Waals surface area (Å²) < 4.78 is 10.5. The van der Waals surface area contributed by atoms with Gasteiger partial charge in [-0.1, -0.05) is 0 Å². The van der Waals surface area contributed by atoms with Crippen LogP contribution in [0.5, 0.6) is 0 Å². The maximum atomic E-state index is 12.0. The number of nitrogens with one attached hydrogen (secondary N) is 3. The van der Waals surface area contributed by atoms with E-state index in [-0.39, 0.29) is 5.91 Å². The van der Waals surface area contributed by atoms with E-state index in [0.29, 0.717) is 18.8 Å². The van der Waals surface area contributed by atoms with E-state index in [4.69, 9.17) is 9.15 Å². The lowest BCUT2D eigenvalue weighted by atomic mass is 10.2. The predicted molar refractivity (Wildman–Crippen MR) is 106 cm³/mol. The van der Waals surface area contributed by atoms with Crippen LogP contribution in [0.1, 0.15) is 35.9 Å². The number of carbonyl (C=O) groups excluding carboxylic acids is 1. The van der Waals surface area contributed by atoms with Crippen molar-refractivity contribution in [2.24, 2.45) is 4.99 Å². The zero-order chi connectivity index (χ0) is 19.3. The summed E-state index contributed by atoms with van der Waals surface area (Å²) in [6.07, 6.45) is 3.38. The largest absolute Gasteiger partial charge is 0.459 e. The fourth-order valence-corrected chi connectivity index (χ4v) is 2.83. The zero-order valence-electron chi connectivity index (χ0n) is 16.6. The van der Waals surface area contributed by atoms with Crippen molar-refractivity contribution in [3.8, 4) is 0 Å². The quantitative estimate of drug-likeness (QED) is 0.319. The molecule has 8 heteroatoms. The van der Waals surface area contributed by atoms with Crippen LogP contribution in [0.3, 0.4) is 0 Å². The van der Waals surface area contributed by atoms with Crippen molar-refractivity contribution in [3.63, 3.8) is 0 Å². The number of ether oxygens (including phenoxy) is 1. The summed E-state index contributed by atoms with van der Waals surface area (Å²) in [5.41, 5.74) is 0.848. The molecule has 0 aliphatic carbocycles. The monoisotopic (exact) mass is 379 g/mol. The van der Waals surface area contributed by atoms with Gasteiger partial charge < -0.3 is 25.1 Å². The van der Waals surface area contributed by atoms with Crippen molar-refractivity contribution in [2.75, 3.05) is 59.0 Å². The number of rotatable bonds is 10. The number of aryl methyl sites for hydroxylation is 1. The lowest BCUT2D eigenvalue weighted by molar-refractivity contribution is 0.0376. The number of guanidine groups is 1. The Hall–Kier alpha value is -2.06. The van der Waals surface area contributed by atoms with Crippen LogP contribution in [-0.4, -0.2) is 75.8 Å². The van der Waals surface area contributed by atoms with Gasteiger partial charge >= 0.3 is 0 Å². The Morgan fingerprint density at radius 3 is 2.67 bits per heavy atom. The minimum atomic E-state index is -0.172. The van der Waals surface area contributed by atoms with Crippen molar-refractivity contribution >= 4 is 11.9 Å². The highest BCUT2D eigenvalue weighted by Crippen LogP contribution is 2.07. The van der Waals surface area contributed by atoms with E-state index in [0.717, 1.165) is 70.3 Å². The topological polar surface area (TPSA) is 91.1 Å². The molecule has 27 heavy (non-hydrogen) atoms. The minimum absolute atomic E-state index is 0.172. The van der Waals surface area contributed by atoms with Gasteiger partial charge in [-0.05, 0) is 39.3 Å². The lowest BCUT2D eigenvalue weighted by Crippen LogP contribution is -2.40. The first kappa shape index (κ1) is 21.2. The first-order valence-electron chi connectivity index (χ1n) is 9.85. The molecule has 3 N–H and O–H groups in total. The minimum Gasteiger partial charge on any atom is -0.459 e. The van der Waals surface area contributed by atoms with Crippen LogP contribution in [0.25, 0.3) is 0 Å². The highest BCUT2D eigenvalue weighted by Gasteiger charge is 2.11. The summed E-state index contributed by atoms with van der Waals surface area (Å²) in [7, 11) is 0. The van der Waals surface area contributed by atoms with E-state index in [9.17, 15) is 4.79 Å². The van der Waals surface area contributed by atoms with E-state index < -0.39 is 0 Å². The molecule has 0 radical (unpaired) electrons. The second-order valence-electron chi connectivity index (χ2n) is 6.54. The highest BCUT2D eigenvalue weighted by atomic mass is 16.5. The van der Waals surface area contributed by atoms with E-state index in [1.165, 1.54) is 6.26 Å². The molecule has 1 aromatic heterocycles. The summed E-state index contributed by atoms with van der Waals surface area (Å²) in [6, 6.07) is 1.78. The average Bonchev–Trinajstić information content (AvgIpc) is 3.11. The Kier molecular flexibility index (Phi) is 9.72. The number of carbonyl (C=O) groups is 1. The molecule has 2 heterocycles. The second kappa shape index (κ2) is 12.3. The van der Waals surface area contributed by atoms with Crippen LogP contribution in [0.2, 0.25) is 0 Å². The SMILES string of the molecule is CCNC(=NCCCNC(=O)c1occc1C)NCCCN1CCOCC1. The molecule has 1 aliphatic heterocycles. The van der Waals surface area contributed by atoms with Gasteiger partial charge in [0.1, 0.15) is 0 Å². The Morgan fingerprint density at radius 2 is 1.96 bits per heavy atom. The molecule has 1 aromatic rings. The molecule has 0 bridgehead atoms. The maximum Gasteiger partial charge on any atom is 0.287 e. The standard InChI is InChI=1S/C19H33N5O3/c1-3-20-19(23-9-5-10-24-11-14-26-15-12-24)22-8-4-7-21-18(25)17-16(2)6-13-27-17/h6,13H,3-5,7-12,14-15H2,1-2H3,(H,21,25)(H2,20,22,23). The van der Waals surface area contributed by atoms with Gasteiger partial charge in [-0.15, -0.1) is 0 Å². The predicted octanol–water partition coefficient (Wildman–Crippen LogP) is 0.985.